The van der Waals surface area contributed by atoms with Crippen molar-refractivity contribution in [1.29, 1.82) is 0 Å². The number of hydrogen-bond donors (Lipinski definition) is 0. The van der Waals surface area contributed by atoms with Crippen LogP contribution in [0.3, 0.4) is 0 Å². The van der Waals surface area contributed by atoms with E-state index < -0.39 is 0 Å². The lowest BCUT2D eigenvalue weighted by molar-refractivity contribution is 0.248. The van der Waals surface area contributed by atoms with Crippen LogP contribution in [0.4, 0.5) is 0 Å². The zero-order valence-electron chi connectivity index (χ0n) is 15.2. The Morgan fingerprint density at radius 1 is 0.577 bits per heavy atom. The zero-order chi connectivity index (χ0) is 17.5. The van der Waals surface area contributed by atoms with Crippen molar-refractivity contribution in [2.24, 2.45) is 0 Å². The van der Waals surface area contributed by atoms with Gasteiger partial charge in [-0.15, -0.1) is 0 Å². The van der Waals surface area contributed by atoms with E-state index >= 15 is 0 Å². The number of rotatable bonds is 7. The monoisotopic (exact) mass is 343 g/mol. The average Bonchev–Trinajstić information content (AvgIpc) is 2.64. The Morgan fingerprint density at radius 2 is 0.962 bits per heavy atom. The third-order valence-electron chi connectivity index (χ3n) is 4.55. The normalized spacial score (nSPS) is 10.4. The first kappa shape index (κ1) is 20.0. The molecule has 3 aromatic rings. The summed E-state index contributed by atoms with van der Waals surface area (Å²) in [5.74, 6) is 0. The van der Waals surface area contributed by atoms with E-state index in [0.717, 1.165) is 19.6 Å². The van der Waals surface area contributed by atoms with Crippen molar-refractivity contribution < 1.29 is 0 Å². The van der Waals surface area contributed by atoms with Crippen LogP contribution < -0.4 is 5.46 Å². The van der Waals surface area contributed by atoms with Crippen molar-refractivity contribution in [3.8, 4) is 0 Å². The lowest BCUT2D eigenvalue weighted by atomic mass is 9.49. The van der Waals surface area contributed by atoms with Gasteiger partial charge in [0.05, 0.1) is 0 Å². The van der Waals surface area contributed by atoms with E-state index in [2.05, 4.69) is 103 Å². The summed E-state index contributed by atoms with van der Waals surface area (Å²) in [5.41, 5.74) is 5.49. The van der Waals surface area contributed by atoms with Crippen LogP contribution in [-0.2, 0) is 19.6 Å². The molecule has 1 nitrogen and oxygen atoms in total. The Hall–Kier alpha value is -2.32. The average molecular weight is 343 g/mol. The highest BCUT2D eigenvalue weighted by Crippen LogP contribution is 2.14. The summed E-state index contributed by atoms with van der Waals surface area (Å²) < 4.78 is 0. The molecule has 3 rings (SSSR count). The maximum Gasteiger partial charge on any atom is 0.169 e. The van der Waals surface area contributed by atoms with Gasteiger partial charge >= 0.3 is 0 Å². The van der Waals surface area contributed by atoms with Gasteiger partial charge in [0.1, 0.15) is 0 Å². The molecule has 2 heteroatoms. The Kier molecular flexibility index (Phi) is 7.68. The van der Waals surface area contributed by atoms with Gasteiger partial charge < -0.3 is 0 Å². The van der Waals surface area contributed by atoms with E-state index in [-0.39, 0.29) is 7.43 Å². The Balaban J connectivity index is 0.00000243. The molecule has 0 aliphatic carbocycles. The third-order valence-corrected chi connectivity index (χ3v) is 4.55. The van der Waals surface area contributed by atoms with E-state index in [1.807, 2.05) is 0 Å². The van der Waals surface area contributed by atoms with Gasteiger partial charge in [0.15, 0.2) is 6.71 Å². The topological polar surface area (TPSA) is 3.24 Å². The molecule has 0 N–H and O–H groups in total. The maximum atomic E-state index is 2.51. The molecule has 0 amide bonds. The summed E-state index contributed by atoms with van der Waals surface area (Å²) in [6, 6.07) is 30.6. The van der Waals surface area contributed by atoms with Crippen molar-refractivity contribution in [1.82, 2.24) is 4.90 Å². The van der Waals surface area contributed by atoms with Gasteiger partial charge in [-0.1, -0.05) is 111 Å². The molecule has 134 valence electrons. The lowest BCUT2D eigenvalue weighted by Crippen LogP contribution is -2.24. The van der Waals surface area contributed by atoms with Crippen LogP contribution in [0.1, 0.15) is 24.1 Å². The van der Waals surface area contributed by atoms with Gasteiger partial charge in [0.2, 0.25) is 0 Å². The van der Waals surface area contributed by atoms with Crippen LogP contribution in [0.25, 0.3) is 0 Å². The van der Waals surface area contributed by atoms with Crippen LogP contribution in [0.15, 0.2) is 84.9 Å². The van der Waals surface area contributed by atoms with Crippen molar-refractivity contribution in [3.63, 3.8) is 0 Å². The summed E-state index contributed by atoms with van der Waals surface area (Å²) >= 11 is 0. The quantitative estimate of drug-likeness (QED) is 0.513. The molecule has 0 radical (unpaired) electrons. The van der Waals surface area contributed by atoms with Crippen LogP contribution in [0.2, 0.25) is 13.6 Å². The van der Waals surface area contributed by atoms with E-state index in [1.54, 1.807) is 0 Å². The molecule has 0 spiro atoms. The first-order valence-corrected chi connectivity index (χ1v) is 9.10. The van der Waals surface area contributed by atoms with Gasteiger partial charge in [-0.05, 0) is 16.7 Å². The second-order valence-corrected chi connectivity index (χ2v) is 7.01. The predicted octanol–water partition coefficient (Wildman–Crippen LogP) is 5.49. The molecule has 0 aromatic heterocycles. The molecule has 0 aliphatic rings. The molecule has 0 saturated carbocycles. The van der Waals surface area contributed by atoms with Crippen molar-refractivity contribution in [2.45, 2.75) is 40.7 Å². The third kappa shape index (κ3) is 5.89. The predicted molar refractivity (Wildman–Crippen MR) is 116 cm³/mol. The van der Waals surface area contributed by atoms with Crippen LogP contribution in [0, 0.1) is 0 Å². The fourth-order valence-corrected chi connectivity index (χ4v) is 3.12. The summed E-state index contributed by atoms with van der Waals surface area (Å²) in [6.07, 6.45) is 0. The first-order chi connectivity index (χ1) is 12.2. The van der Waals surface area contributed by atoms with Crippen molar-refractivity contribution in [2.75, 3.05) is 0 Å². The van der Waals surface area contributed by atoms with Crippen molar-refractivity contribution >= 4 is 12.2 Å². The van der Waals surface area contributed by atoms with Crippen LogP contribution in [-0.4, -0.2) is 11.6 Å². The summed E-state index contributed by atoms with van der Waals surface area (Å²) in [7, 11) is 0. The second-order valence-electron chi connectivity index (χ2n) is 7.01. The molecule has 26 heavy (non-hydrogen) atoms. The smallest absolute Gasteiger partial charge is 0.169 e. The van der Waals surface area contributed by atoms with Gasteiger partial charge in [0, 0.05) is 19.6 Å². The molecule has 0 heterocycles. The van der Waals surface area contributed by atoms with E-state index in [1.165, 1.54) is 22.2 Å². The maximum absolute atomic E-state index is 2.51. The van der Waals surface area contributed by atoms with E-state index in [4.69, 9.17) is 0 Å². The molecule has 0 aliphatic heterocycles. The fraction of sp³-hybridized carbons (Fsp3) is 0.250. The molecule has 0 atom stereocenters. The minimum absolute atomic E-state index is 0. The number of benzene rings is 3. The highest BCUT2D eigenvalue weighted by molar-refractivity contribution is 6.70. The van der Waals surface area contributed by atoms with E-state index in [0.29, 0.717) is 6.71 Å². The summed E-state index contributed by atoms with van der Waals surface area (Å²) in [4.78, 5) is 2.51. The molecule has 0 saturated heterocycles. The Morgan fingerprint density at radius 3 is 1.35 bits per heavy atom. The summed E-state index contributed by atoms with van der Waals surface area (Å²) in [6.45, 7) is 7.95. The van der Waals surface area contributed by atoms with Gasteiger partial charge in [-0.3, -0.25) is 4.90 Å². The Bertz CT molecular complexity index is 710. The first-order valence-electron chi connectivity index (χ1n) is 9.10. The molecular weight excluding hydrogens is 313 g/mol. The lowest BCUT2D eigenvalue weighted by Gasteiger charge is -2.23. The molecule has 0 unspecified atom stereocenters. The van der Waals surface area contributed by atoms with Crippen molar-refractivity contribution in [3.05, 3.63) is 102 Å². The number of hydrogen-bond acceptors (Lipinski definition) is 1. The fourth-order valence-electron chi connectivity index (χ4n) is 3.12. The highest BCUT2D eigenvalue weighted by atomic mass is 15.1. The van der Waals surface area contributed by atoms with Crippen LogP contribution >= 0.6 is 0 Å². The second kappa shape index (κ2) is 9.99. The molecule has 0 fully saturated rings. The minimum atomic E-state index is 0. The standard InChI is InChI=1S/C23H26BN.CH4/c1-24(2)23-15-13-22(14-16-23)19-25(17-20-9-5-3-6-10-20)18-21-11-7-4-8-12-21;/h3-16H,17-19H2,1-2H3;1H4. The zero-order valence-corrected chi connectivity index (χ0v) is 15.2. The molecule has 3 aromatic carbocycles. The minimum Gasteiger partial charge on any atom is -0.291 e. The summed E-state index contributed by atoms with van der Waals surface area (Å²) in [5, 5.41) is 0. The van der Waals surface area contributed by atoms with Crippen LogP contribution in [0.5, 0.6) is 0 Å². The van der Waals surface area contributed by atoms with E-state index in [9.17, 15) is 0 Å². The SMILES string of the molecule is C.CB(C)c1ccc(CN(Cc2ccccc2)Cc2ccccc2)cc1. The van der Waals surface area contributed by atoms with Gasteiger partial charge in [-0.2, -0.15) is 0 Å². The molecule has 0 bridgehead atoms. The highest BCUT2D eigenvalue weighted by Gasteiger charge is 2.09. The van der Waals surface area contributed by atoms with Gasteiger partial charge in [0.25, 0.3) is 0 Å². The molecular formula is C24H30BN. The largest absolute Gasteiger partial charge is 0.291 e. The van der Waals surface area contributed by atoms with Gasteiger partial charge in [-0.25, -0.2) is 0 Å². The Labute approximate surface area is 159 Å². The number of nitrogens with zero attached hydrogens (tertiary/aromatic N) is 1.